The van der Waals surface area contributed by atoms with Crippen LogP contribution < -0.4 is 5.32 Å². The van der Waals surface area contributed by atoms with Crippen molar-refractivity contribution in [2.45, 2.75) is 32.1 Å². The van der Waals surface area contributed by atoms with E-state index in [2.05, 4.69) is 15.3 Å². The van der Waals surface area contributed by atoms with Crippen LogP contribution in [0.3, 0.4) is 0 Å². The Bertz CT molecular complexity index is 1350. The van der Waals surface area contributed by atoms with Gasteiger partial charge in [0.05, 0.1) is 11.9 Å². The maximum atomic E-state index is 13.1. The first kappa shape index (κ1) is 22.8. The van der Waals surface area contributed by atoms with Gasteiger partial charge in [0.25, 0.3) is 0 Å². The van der Waals surface area contributed by atoms with Gasteiger partial charge in [-0.15, -0.1) is 0 Å². The van der Waals surface area contributed by atoms with Gasteiger partial charge in [-0.05, 0) is 24.1 Å². The van der Waals surface area contributed by atoms with Gasteiger partial charge in [0.1, 0.15) is 5.52 Å². The number of hydrogen-bond acceptors (Lipinski definition) is 5. The van der Waals surface area contributed by atoms with E-state index in [9.17, 15) is 18.0 Å². The summed E-state index contributed by atoms with van der Waals surface area (Å²) >= 11 is 0. The molecule has 2 aromatic carbocycles. The lowest BCUT2D eigenvalue weighted by Crippen LogP contribution is -2.28. The van der Waals surface area contributed by atoms with E-state index in [0.717, 1.165) is 30.7 Å². The number of halogens is 3. The molecule has 0 aliphatic carbocycles. The molecule has 10 heteroatoms. The first-order valence-corrected chi connectivity index (χ1v) is 11.3. The highest BCUT2D eigenvalue weighted by molar-refractivity contribution is 5.85. The lowest BCUT2D eigenvalue weighted by molar-refractivity contribution is -0.137. The highest BCUT2D eigenvalue weighted by Gasteiger charge is 2.30. The molecule has 1 aliphatic rings. The molecule has 0 saturated carbocycles. The predicted molar refractivity (Wildman–Crippen MR) is 125 cm³/mol. The van der Waals surface area contributed by atoms with Crippen LogP contribution >= 0.6 is 0 Å². The molecule has 1 aliphatic heterocycles. The number of alkyl halides is 3. The molecule has 1 fully saturated rings. The highest BCUT2D eigenvalue weighted by atomic mass is 19.4. The average Bonchev–Trinajstić information content (AvgIpc) is 3.47. The Morgan fingerprint density at radius 1 is 1.00 bits per heavy atom. The van der Waals surface area contributed by atoms with Crippen LogP contribution in [0.2, 0.25) is 0 Å². The van der Waals surface area contributed by atoms with E-state index in [1.807, 2.05) is 39.8 Å². The number of carbonyl (C=O) groups excluding carboxylic acids is 1. The van der Waals surface area contributed by atoms with Crippen LogP contribution in [0.15, 0.2) is 60.9 Å². The van der Waals surface area contributed by atoms with E-state index >= 15 is 0 Å². The van der Waals surface area contributed by atoms with Crippen LogP contribution in [-0.2, 0) is 24.1 Å². The number of hydrogen-bond donors (Lipinski definition) is 1. The molecular formula is C25H23F3N6O. The second kappa shape index (κ2) is 9.36. The van der Waals surface area contributed by atoms with Crippen LogP contribution in [0, 0.1) is 0 Å². The molecule has 35 heavy (non-hydrogen) atoms. The largest absolute Gasteiger partial charge is 0.416 e. The summed E-state index contributed by atoms with van der Waals surface area (Å²) in [4.78, 5) is 27.7. The van der Waals surface area contributed by atoms with Crippen molar-refractivity contribution in [3.8, 4) is 11.4 Å². The Kier molecular flexibility index (Phi) is 6.10. The number of fused-ring (bicyclic) bond motifs is 1. The van der Waals surface area contributed by atoms with Crippen molar-refractivity contribution in [2.75, 3.05) is 18.4 Å². The van der Waals surface area contributed by atoms with Crippen molar-refractivity contribution in [3.05, 3.63) is 72.1 Å². The van der Waals surface area contributed by atoms with E-state index in [1.165, 1.54) is 6.07 Å². The summed E-state index contributed by atoms with van der Waals surface area (Å²) in [6.45, 7) is 1.97. The fourth-order valence-corrected chi connectivity index (χ4v) is 4.16. The normalized spacial score (nSPS) is 14.1. The number of likely N-dealkylation sites (tertiary alicyclic amines) is 1. The minimum absolute atomic E-state index is 0.138. The molecule has 0 spiro atoms. The third-order valence-electron chi connectivity index (χ3n) is 5.99. The second-order valence-corrected chi connectivity index (χ2v) is 8.41. The number of imidazole rings is 1. The van der Waals surface area contributed by atoms with Gasteiger partial charge in [0.2, 0.25) is 5.91 Å². The summed E-state index contributed by atoms with van der Waals surface area (Å²) in [6.07, 6.45) is -1.31. The molecule has 0 bridgehead atoms. The predicted octanol–water partition coefficient (Wildman–Crippen LogP) is 4.75. The van der Waals surface area contributed by atoms with E-state index in [4.69, 9.17) is 4.98 Å². The Morgan fingerprint density at radius 2 is 1.83 bits per heavy atom. The van der Waals surface area contributed by atoms with Crippen molar-refractivity contribution in [1.29, 1.82) is 0 Å². The van der Waals surface area contributed by atoms with Crippen LogP contribution in [0.4, 0.5) is 19.0 Å². The number of nitrogens with zero attached hydrogens (tertiary/aromatic N) is 5. The van der Waals surface area contributed by atoms with E-state index in [-0.39, 0.29) is 12.5 Å². The SMILES string of the molecule is O=C1CCCN1CCn1cnc2c(NCc3cccc(C(F)(F)F)c3)nc(-c3ccccc3)nc21. The molecule has 0 atom stereocenters. The van der Waals surface area contributed by atoms with Gasteiger partial charge < -0.3 is 14.8 Å². The van der Waals surface area contributed by atoms with E-state index in [1.54, 1.807) is 12.4 Å². The van der Waals surface area contributed by atoms with Crippen LogP contribution in [0.25, 0.3) is 22.6 Å². The molecule has 5 rings (SSSR count). The minimum atomic E-state index is -4.41. The van der Waals surface area contributed by atoms with Crippen LogP contribution in [0.5, 0.6) is 0 Å². The van der Waals surface area contributed by atoms with Gasteiger partial charge >= 0.3 is 6.18 Å². The van der Waals surface area contributed by atoms with Crippen molar-refractivity contribution in [1.82, 2.24) is 24.4 Å². The van der Waals surface area contributed by atoms with Crippen LogP contribution in [-0.4, -0.2) is 43.4 Å². The summed E-state index contributed by atoms with van der Waals surface area (Å²) in [6, 6.07) is 14.6. The monoisotopic (exact) mass is 480 g/mol. The zero-order valence-corrected chi connectivity index (χ0v) is 18.8. The standard InChI is InChI=1S/C25H23F3N6O/c26-25(27,28)19-9-4-6-17(14-19)15-29-23-21-24(32-22(31-23)18-7-2-1-3-8-18)34(16-30-21)13-12-33-11-5-10-20(33)35/h1-4,6-9,14,16H,5,10-13,15H2,(H,29,31,32). The fraction of sp³-hybridized carbons (Fsp3) is 0.280. The van der Waals surface area contributed by atoms with Crippen LogP contribution in [0.1, 0.15) is 24.0 Å². The summed E-state index contributed by atoms with van der Waals surface area (Å²) in [5.74, 6) is 1.06. The number of benzene rings is 2. The zero-order chi connectivity index (χ0) is 24.4. The van der Waals surface area contributed by atoms with Crippen molar-refractivity contribution >= 4 is 22.9 Å². The first-order chi connectivity index (χ1) is 16.9. The quantitative estimate of drug-likeness (QED) is 0.413. The maximum Gasteiger partial charge on any atom is 0.416 e. The zero-order valence-electron chi connectivity index (χ0n) is 18.8. The van der Waals surface area contributed by atoms with Crippen molar-refractivity contribution < 1.29 is 18.0 Å². The number of anilines is 1. The maximum absolute atomic E-state index is 13.1. The minimum Gasteiger partial charge on any atom is -0.364 e. The topological polar surface area (TPSA) is 75.9 Å². The summed E-state index contributed by atoms with van der Waals surface area (Å²) in [5, 5.41) is 3.15. The van der Waals surface area contributed by atoms with Gasteiger partial charge in [-0.25, -0.2) is 15.0 Å². The number of amides is 1. The summed E-state index contributed by atoms with van der Waals surface area (Å²) < 4.78 is 41.2. The number of carbonyl (C=O) groups is 1. The van der Waals surface area contributed by atoms with Gasteiger partial charge in [-0.1, -0.05) is 42.5 Å². The fourth-order valence-electron chi connectivity index (χ4n) is 4.16. The Labute approximate surface area is 199 Å². The van der Waals surface area contributed by atoms with E-state index in [0.29, 0.717) is 47.9 Å². The molecule has 180 valence electrons. The molecule has 4 aromatic rings. The summed E-state index contributed by atoms with van der Waals surface area (Å²) in [5.41, 5.74) is 1.69. The average molecular weight is 480 g/mol. The Morgan fingerprint density at radius 3 is 2.57 bits per heavy atom. The molecule has 3 heterocycles. The molecule has 1 saturated heterocycles. The van der Waals surface area contributed by atoms with Gasteiger partial charge in [-0.2, -0.15) is 13.2 Å². The molecular weight excluding hydrogens is 457 g/mol. The molecule has 0 radical (unpaired) electrons. The first-order valence-electron chi connectivity index (χ1n) is 11.3. The smallest absolute Gasteiger partial charge is 0.364 e. The second-order valence-electron chi connectivity index (χ2n) is 8.41. The summed E-state index contributed by atoms with van der Waals surface area (Å²) in [7, 11) is 0. The third-order valence-corrected chi connectivity index (χ3v) is 5.99. The van der Waals surface area contributed by atoms with Gasteiger partial charge in [0, 0.05) is 38.2 Å². The molecule has 1 amide bonds. The molecule has 2 aromatic heterocycles. The molecule has 0 unspecified atom stereocenters. The Balaban J connectivity index is 1.46. The lowest BCUT2D eigenvalue weighted by Gasteiger charge is -2.16. The van der Waals surface area contributed by atoms with Gasteiger partial charge in [-0.3, -0.25) is 4.79 Å². The number of nitrogens with one attached hydrogen (secondary N) is 1. The highest BCUT2D eigenvalue weighted by Crippen LogP contribution is 2.30. The van der Waals surface area contributed by atoms with E-state index < -0.39 is 11.7 Å². The van der Waals surface area contributed by atoms with Crippen molar-refractivity contribution in [2.24, 2.45) is 0 Å². The number of rotatable bonds is 7. The molecule has 1 N–H and O–H groups in total. The van der Waals surface area contributed by atoms with Gasteiger partial charge in [0.15, 0.2) is 17.3 Å². The third kappa shape index (κ3) is 4.96. The lowest BCUT2D eigenvalue weighted by atomic mass is 10.1. The number of aromatic nitrogens is 4. The Hall–Kier alpha value is -3.95. The molecule has 7 nitrogen and oxygen atoms in total. The van der Waals surface area contributed by atoms with Crippen molar-refractivity contribution in [3.63, 3.8) is 0 Å².